The highest BCUT2D eigenvalue weighted by Crippen LogP contribution is 2.48. The minimum absolute atomic E-state index is 0.387. The van der Waals surface area contributed by atoms with Crippen LogP contribution in [-0.4, -0.2) is 22.2 Å². The lowest BCUT2D eigenvalue weighted by Crippen LogP contribution is -2.19. The highest BCUT2D eigenvalue weighted by Gasteiger charge is 2.51. The van der Waals surface area contributed by atoms with Crippen molar-refractivity contribution in [3.05, 3.63) is 108 Å². The summed E-state index contributed by atoms with van der Waals surface area (Å²) in [6.45, 7) is 1.83. The Hall–Kier alpha value is -4.45. The van der Waals surface area contributed by atoms with Crippen LogP contribution in [0.4, 0.5) is 10.5 Å². The fourth-order valence-corrected chi connectivity index (χ4v) is 4.41. The SMILES string of the molecule is C[C@@H](OC(=O)Nc1cnccc1-c1ccc(-c2ccc(C3(C(=O)O)CC3)cc2)cc1)c1ccccc1. The van der Waals surface area contributed by atoms with Gasteiger partial charge in [0.1, 0.15) is 6.10 Å². The Morgan fingerprint density at radius 3 is 2.11 bits per heavy atom. The maximum absolute atomic E-state index is 12.6. The van der Waals surface area contributed by atoms with Crippen molar-refractivity contribution in [3.63, 3.8) is 0 Å². The molecule has 6 heteroatoms. The second-order valence-electron chi connectivity index (χ2n) is 9.05. The topological polar surface area (TPSA) is 88.5 Å². The van der Waals surface area contributed by atoms with Gasteiger partial charge < -0.3 is 9.84 Å². The normalized spacial score (nSPS) is 14.5. The van der Waals surface area contributed by atoms with Gasteiger partial charge in [0.25, 0.3) is 0 Å². The summed E-state index contributed by atoms with van der Waals surface area (Å²) in [5, 5.41) is 12.3. The molecule has 0 bridgehead atoms. The highest BCUT2D eigenvalue weighted by atomic mass is 16.6. The van der Waals surface area contributed by atoms with E-state index in [0.29, 0.717) is 18.5 Å². The van der Waals surface area contributed by atoms with Crippen molar-refractivity contribution in [2.24, 2.45) is 0 Å². The van der Waals surface area contributed by atoms with Crippen LogP contribution >= 0.6 is 0 Å². The lowest BCUT2D eigenvalue weighted by atomic mass is 9.93. The molecular formula is C30H26N2O4. The van der Waals surface area contributed by atoms with Crippen LogP contribution in [0.25, 0.3) is 22.3 Å². The minimum Gasteiger partial charge on any atom is -0.481 e. The van der Waals surface area contributed by atoms with Gasteiger partial charge in [0.2, 0.25) is 0 Å². The highest BCUT2D eigenvalue weighted by molar-refractivity contribution is 5.91. The lowest BCUT2D eigenvalue weighted by Gasteiger charge is -2.16. The van der Waals surface area contributed by atoms with Gasteiger partial charge in [-0.05, 0) is 53.6 Å². The van der Waals surface area contributed by atoms with Crippen LogP contribution in [0.3, 0.4) is 0 Å². The number of nitrogens with zero attached hydrogens (tertiary/aromatic N) is 1. The van der Waals surface area contributed by atoms with E-state index in [1.807, 2.05) is 91.9 Å². The zero-order valence-corrected chi connectivity index (χ0v) is 19.8. The number of carboxylic acid groups (broad SMARTS) is 1. The predicted octanol–water partition coefficient (Wildman–Crippen LogP) is 6.84. The molecule has 4 aromatic rings. The van der Waals surface area contributed by atoms with Gasteiger partial charge in [0.05, 0.1) is 17.3 Å². The number of nitrogens with one attached hydrogen (secondary N) is 1. The molecule has 5 rings (SSSR count). The summed E-state index contributed by atoms with van der Waals surface area (Å²) in [5.74, 6) is -0.750. The summed E-state index contributed by atoms with van der Waals surface area (Å²) in [5.41, 5.74) is 5.41. The maximum atomic E-state index is 12.6. The fraction of sp³-hybridized carbons (Fsp3) is 0.167. The van der Waals surface area contributed by atoms with Gasteiger partial charge in [-0.1, -0.05) is 78.9 Å². The molecule has 1 saturated carbocycles. The van der Waals surface area contributed by atoms with Crippen LogP contribution in [0.1, 0.15) is 37.0 Å². The van der Waals surface area contributed by atoms with Gasteiger partial charge in [-0.2, -0.15) is 0 Å². The van der Waals surface area contributed by atoms with Crippen LogP contribution in [-0.2, 0) is 14.9 Å². The van der Waals surface area contributed by atoms with Crippen molar-refractivity contribution in [3.8, 4) is 22.3 Å². The molecule has 1 fully saturated rings. The first-order chi connectivity index (χ1) is 17.5. The van der Waals surface area contributed by atoms with Crippen LogP contribution in [0.5, 0.6) is 0 Å². The third-order valence-electron chi connectivity index (χ3n) is 6.74. The Bertz CT molecular complexity index is 1380. The summed E-state index contributed by atoms with van der Waals surface area (Å²) in [4.78, 5) is 28.3. The van der Waals surface area contributed by atoms with E-state index in [0.717, 1.165) is 33.4 Å². The van der Waals surface area contributed by atoms with Gasteiger partial charge in [0, 0.05) is 11.8 Å². The first kappa shape index (κ1) is 23.3. The predicted molar refractivity (Wildman–Crippen MR) is 139 cm³/mol. The molecule has 1 aliphatic rings. The maximum Gasteiger partial charge on any atom is 0.412 e. The van der Waals surface area contributed by atoms with Crippen LogP contribution in [0.15, 0.2) is 97.3 Å². The van der Waals surface area contributed by atoms with Crippen molar-refractivity contribution in [2.75, 3.05) is 5.32 Å². The van der Waals surface area contributed by atoms with Crippen molar-refractivity contribution in [1.29, 1.82) is 0 Å². The van der Waals surface area contributed by atoms with E-state index in [4.69, 9.17) is 4.74 Å². The standard InChI is InChI=1S/C30H26N2O4/c1-20(21-5-3-2-4-6-21)36-29(35)32-27-19-31-18-15-26(27)24-9-7-22(8-10-24)23-11-13-25(14-12-23)30(16-17-30)28(33)34/h2-15,18-20H,16-17H2,1H3,(H,32,35)(H,33,34)/t20-/m1/s1. The molecule has 1 heterocycles. The van der Waals surface area contributed by atoms with Gasteiger partial charge in [0.15, 0.2) is 0 Å². The zero-order valence-electron chi connectivity index (χ0n) is 19.8. The largest absolute Gasteiger partial charge is 0.481 e. The number of aromatic nitrogens is 1. The quantitative estimate of drug-likeness (QED) is 0.304. The molecule has 1 aliphatic carbocycles. The number of carbonyl (C=O) groups excluding carboxylic acids is 1. The Morgan fingerprint density at radius 1 is 0.889 bits per heavy atom. The summed E-state index contributed by atoms with van der Waals surface area (Å²) in [7, 11) is 0. The van der Waals surface area contributed by atoms with E-state index in [1.54, 1.807) is 12.4 Å². The minimum atomic E-state index is -0.750. The van der Waals surface area contributed by atoms with Gasteiger partial charge in [-0.25, -0.2) is 4.79 Å². The second kappa shape index (κ2) is 9.66. The molecule has 3 aromatic carbocycles. The van der Waals surface area contributed by atoms with E-state index < -0.39 is 17.5 Å². The number of pyridine rings is 1. The molecule has 0 aliphatic heterocycles. The van der Waals surface area contributed by atoms with E-state index in [2.05, 4.69) is 10.3 Å². The van der Waals surface area contributed by atoms with E-state index in [9.17, 15) is 14.7 Å². The molecule has 0 spiro atoms. The average molecular weight is 479 g/mol. The molecule has 0 saturated heterocycles. The van der Waals surface area contributed by atoms with Crippen molar-refractivity contribution in [1.82, 2.24) is 4.98 Å². The summed E-state index contributed by atoms with van der Waals surface area (Å²) in [6, 6.07) is 27.2. The zero-order chi connectivity index (χ0) is 25.1. The number of ether oxygens (including phenoxy) is 1. The number of hydrogen-bond acceptors (Lipinski definition) is 4. The Morgan fingerprint density at radius 2 is 1.50 bits per heavy atom. The Labute approximate surface area is 209 Å². The summed E-state index contributed by atoms with van der Waals surface area (Å²) < 4.78 is 5.55. The third-order valence-corrected chi connectivity index (χ3v) is 6.74. The molecule has 0 unspecified atom stereocenters. The van der Waals surface area contributed by atoms with Crippen molar-refractivity contribution in [2.45, 2.75) is 31.3 Å². The van der Waals surface area contributed by atoms with Crippen LogP contribution < -0.4 is 5.32 Å². The summed E-state index contributed by atoms with van der Waals surface area (Å²) >= 11 is 0. The Kier molecular flexibility index (Phi) is 6.25. The molecule has 6 nitrogen and oxygen atoms in total. The second-order valence-corrected chi connectivity index (χ2v) is 9.05. The molecule has 36 heavy (non-hydrogen) atoms. The Balaban J connectivity index is 1.30. The number of aliphatic carboxylic acids is 1. The third kappa shape index (κ3) is 4.70. The number of carboxylic acids is 1. The van der Waals surface area contributed by atoms with Crippen LogP contribution in [0.2, 0.25) is 0 Å². The van der Waals surface area contributed by atoms with E-state index in [-0.39, 0.29) is 6.10 Å². The van der Waals surface area contributed by atoms with Crippen molar-refractivity contribution < 1.29 is 19.4 Å². The molecule has 1 amide bonds. The monoisotopic (exact) mass is 478 g/mol. The number of benzene rings is 3. The van der Waals surface area contributed by atoms with Gasteiger partial charge >= 0.3 is 12.1 Å². The number of amides is 1. The van der Waals surface area contributed by atoms with Gasteiger partial charge in [-0.15, -0.1) is 0 Å². The molecule has 2 N–H and O–H groups in total. The van der Waals surface area contributed by atoms with Crippen LogP contribution in [0, 0.1) is 0 Å². The first-order valence-electron chi connectivity index (χ1n) is 11.9. The number of anilines is 1. The van der Waals surface area contributed by atoms with Crippen molar-refractivity contribution >= 4 is 17.7 Å². The van der Waals surface area contributed by atoms with Gasteiger partial charge in [-0.3, -0.25) is 15.1 Å². The molecule has 1 atom stereocenters. The molecule has 0 radical (unpaired) electrons. The van der Waals surface area contributed by atoms with E-state index in [1.165, 1.54) is 0 Å². The lowest BCUT2D eigenvalue weighted by molar-refractivity contribution is -0.140. The number of rotatable bonds is 7. The molecular weight excluding hydrogens is 452 g/mol. The average Bonchev–Trinajstić information content (AvgIpc) is 3.72. The first-order valence-corrected chi connectivity index (χ1v) is 11.9. The van der Waals surface area contributed by atoms with E-state index >= 15 is 0 Å². The smallest absolute Gasteiger partial charge is 0.412 e. The molecule has 180 valence electrons. The number of carbonyl (C=O) groups is 2. The fourth-order valence-electron chi connectivity index (χ4n) is 4.41. The summed E-state index contributed by atoms with van der Waals surface area (Å²) in [6.07, 6.45) is 3.73. The number of hydrogen-bond donors (Lipinski definition) is 2. The molecule has 1 aromatic heterocycles.